The first kappa shape index (κ1) is 21.4. The molecule has 0 atom stereocenters. The Hall–Kier alpha value is -2.94. The van der Waals surface area contributed by atoms with E-state index >= 15 is 0 Å². The molecule has 152 valence electrons. The summed E-state index contributed by atoms with van der Waals surface area (Å²) in [5.41, 5.74) is 2.10. The summed E-state index contributed by atoms with van der Waals surface area (Å²) >= 11 is 0. The maximum absolute atomic E-state index is 13.0. The van der Waals surface area contributed by atoms with E-state index in [1.165, 1.54) is 18.3 Å². The van der Waals surface area contributed by atoms with Crippen molar-refractivity contribution in [1.82, 2.24) is 19.9 Å². The molecule has 0 unspecified atom stereocenters. The van der Waals surface area contributed by atoms with E-state index in [1.54, 1.807) is 12.1 Å². The summed E-state index contributed by atoms with van der Waals surface area (Å²) in [5.74, 6) is -0.801. The van der Waals surface area contributed by atoms with Crippen LogP contribution in [0.25, 0.3) is 0 Å². The van der Waals surface area contributed by atoms with Crippen molar-refractivity contribution >= 4 is 6.21 Å². The Morgan fingerprint density at radius 1 is 1.25 bits per heavy atom. The van der Waals surface area contributed by atoms with Crippen molar-refractivity contribution in [2.24, 2.45) is 5.10 Å². The molecule has 8 nitrogen and oxygen atoms in total. The number of aromatic amines is 1. The largest absolute Gasteiger partial charge is 0.494 e. The lowest BCUT2D eigenvalue weighted by Gasteiger charge is -2.17. The molecule has 0 spiro atoms. The Balaban J connectivity index is 2.07. The molecular formula is C19H26FN5O3. The summed E-state index contributed by atoms with van der Waals surface area (Å²) in [6.07, 6.45) is 1.59. The second-order valence-corrected chi connectivity index (χ2v) is 6.22. The third kappa shape index (κ3) is 5.78. The first-order chi connectivity index (χ1) is 13.5. The maximum atomic E-state index is 13.0. The van der Waals surface area contributed by atoms with Crippen LogP contribution >= 0.6 is 0 Å². The van der Waals surface area contributed by atoms with E-state index in [2.05, 4.69) is 34.3 Å². The van der Waals surface area contributed by atoms with Crippen LogP contribution in [0.15, 0.2) is 39.0 Å². The normalized spacial score (nSPS) is 11.4. The average Bonchev–Trinajstić information content (AvgIpc) is 2.68. The van der Waals surface area contributed by atoms with Gasteiger partial charge in [-0.25, -0.2) is 9.18 Å². The minimum atomic E-state index is -0.713. The van der Waals surface area contributed by atoms with Crippen molar-refractivity contribution in [3.63, 3.8) is 0 Å². The fraction of sp³-hybridized carbons (Fsp3) is 0.421. The van der Waals surface area contributed by atoms with Gasteiger partial charge in [0.1, 0.15) is 11.4 Å². The first-order valence-corrected chi connectivity index (χ1v) is 9.25. The summed E-state index contributed by atoms with van der Waals surface area (Å²) in [7, 11) is 0. The highest BCUT2D eigenvalue weighted by atomic mass is 19.1. The summed E-state index contributed by atoms with van der Waals surface area (Å²) in [4.78, 5) is 28.4. The van der Waals surface area contributed by atoms with E-state index < -0.39 is 17.1 Å². The number of rotatable bonds is 10. The molecule has 9 heteroatoms. The second kappa shape index (κ2) is 10.4. The van der Waals surface area contributed by atoms with E-state index in [4.69, 9.17) is 0 Å². The highest BCUT2D eigenvalue weighted by Crippen LogP contribution is 2.10. The molecule has 28 heavy (non-hydrogen) atoms. The number of nitrogens with one attached hydrogen (secondary N) is 2. The zero-order valence-corrected chi connectivity index (χ0v) is 16.1. The van der Waals surface area contributed by atoms with Crippen LogP contribution in [-0.4, -0.2) is 52.0 Å². The fourth-order valence-corrected chi connectivity index (χ4v) is 2.71. The Bertz CT molecular complexity index is 901. The van der Waals surface area contributed by atoms with E-state index in [0.29, 0.717) is 13.0 Å². The van der Waals surface area contributed by atoms with Gasteiger partial charge in [-0.3, -0.25) is 14.3 Å². The van der Waals surface area contributed by atoms with Gasteiger partial charge in [-0.15, -0.1) is 0 Å². The van der Waals surface area contributed by atoms with Gasteiger partial charge in [0.15, 0.2) is 0 Å². The number of nitrogens with zero attached hydrogens (tertiary/aromatic N) is 3. The molecule has 0 saturated heterocycles. The first-order valence-electron chi connectivity index (χ1n) is 9.25. The number of benzene rings is 1. The molecule has 0 bridgehead atoms. The minimum Gasteiger partial charge on any atom is -0.494 e. The molecule has 0 radical (unpaired) electrons. The van der Waals surface area contributed by atoms with Gasteiger partial charge in [0.25, 0.3) is 5.56 Å². The van der Waals surface area contributed by atoms with Crippen molar-refractivity contribution in [2.45, 2.75) is 26.8 Å². The van der Waals surface area contributed by atoms with Crippen LogP contribution in [0.3, 0.4) is 0 Å². The van der Waals surface area contributed by atoms with Crippen molar-refractivity contribution < 1.29 is 9.50 Å². The highest BCUT2D eigenvalue weighted by molar-refractivity contribution is 5.81. The van der Waals surface area contributed by atoms with Crippen molar-refractivity contribution in [3.05, 3.63) is 62.0 Å². The van der Waals surface area contributed by atoms with Crippen LogP contribution in [0.5, 0.6) is 5.88 Å². The number of hydrogen-bond donors (Lipinski definition) is 3. The average molecular weight is 391 g/mol. The predicted molar refractivity (Wildman–Crippen MR) is 106 cm³/mol. The van der Waals surface area contributed by atoms with Gasteiger partial charge in [0.2, 0.25) is 5.88 Å². The van der Waals surface area contributed by atoms with Crippen LogP contribution in [0.1, 0.15) is 25.0 Å². The molecule has 0 fully saturated rings. The Morgan fingerprint density at radius 2 is 1.93 bits per heavy atom. The number of hydrazone groups is 1. The quantitative estimate of drug-likeness (QED) is 0.317. The van der Waals surface area contributed by atoms with Crippen LogP contribution in [0, 0.1) is 5.82 Å². The standard InChI is InChI=1S/C19H26FN5O3/c1-3-24(4-2)12-10-21-22-13-16-17(26)23-19(28)25(18(16)27)11-9-14-5-7-15(20)8-6-14/h5-8,13,21,27H,3-4,9-12H2,1-2H3,(H,23,26,28). The van der Waals surface area contributed by atoms with Gasteiger partial charge in [-0.05, 0) is 37.2 Å². The minimum absolute atomic E-state index is 0.103. The molecule has 2 aromatic rings. The van der Waals surface area contributed by atoms with Crippen molar-refractivity contribution in [2.75, 3.05) is 26.2 Å². The lowest BCUT2D eigenvalue weighted by Crippen LogP contribution is -2.33. The molecule has 1 aromatic heterocycles. The van der Waals surface area contributed by atoms with Crippen LogP contribution in [-0.2, 0) is 13.0 Å². The van der Waals surface area contributed by atoms with E-state index in [1.807, 2.05) is 0 Å². The van der Waals surface area contributed by atoms with Crippen molar-refractivity contribution in [3.8, 4) is 5.88 Å². The molecule has 1 heterocycles. The number of aromatic hydroxyl groups is 1. The SMILES string of the molecule is CCN(CC)CCNN=Cc1c(O)n(CCc2ccc(F)cc2)c(=O)[nH]c1=O. The maximum Gasteiger partial charge on any atom is 0.331 e. The summed E-state index contributed by atoms with van der Waals surface area (Å²) in [5, 5.41) is 14.3. The fourth-order valence-electron chi connectivity index (χ4n) is 2.71. The van der Waals surface area contributed by atoms with Gasteiger partial charge in [-0.1, -0.05) is 26.0 Å². The number of hydrogen-bond acceptors (Lipinski definition) is 6. The lowest BCUT2D eigenvalue weighted by atomic mass is 10.1. The van der Waals surface area contributed by atoms with E-state index in [9.17, 15) is 19.1 Å². The van der Waals surface area contributed by atoms with E-state index in [-0.39, 0.29) is 17.9 Å². The molecule has 0 aliphatic rings. The molecule has 0 saturated carbocycles. The van der Waals surface area contributed by atoms with Crippen molar-refractivity contribution in [1.29, 1.82) is 0 Å². The Morgan fingerprint density at radius 3 is 2.57 bits per heavy atom. The third-order valence-electron chi connectivity index (χ3n) is 4.46. The number of likely N-dealkylation sites (N-methyl/N-ethyl adjacent to an activating group) is 1. The molecule has 3 N–H and O–H groups in total. The molecule has 0 aliphatic carbocycles. The lowest BCUT2D eigenvalue weighted by molar-refractivity contribution is 0.303. The molecule has 2 rings (SSSR count). The van der Waals surface area contributed by atoms with Gasteiger partial charge in [-0.2, -0.15) is 5.10 Å². The summed E-state index contributed by atoms with van der Waals surface area (Å²) in [6, 6.07) is 5.86. The highest BCUT2D eigenvalue weighted by Gasteiger charge is 2.12. The van der Waals surface area contributed by atoms with Crippen LogP contribution in [0.4, 0.5) is 4.39 Å². The smallest absolute Gasteiger partial charge is 0.331 e. The van der Waals surface area contributed by atoms with Gasteiger partial charge in [0.05, 0.1) is 6.21 Å². The third-order valence-corrected chi connectivity index (χ3v) is 4.46. The molecular weight excluding hydrogens is 365 g/mol. The zero-order chi connectivity index (χ0) is 20.5. The predicted octanol–water partition coefficient (Wildman–Crippen LogP) is 0.889. The monoisotopic (exact) mass is 391 g/mol. The number of aryl methyl sites for hydroxylation is 1. The summed E-state index contributed by atoms with van der Waals surface area (Å²) < 4.78 is 14.0. The summed E-state index contributed by atoms with van der Waals surface area (Å²) in [6.45, 7) is 7.51. The van der Waals surface area contributed by atoms with Gasteiger partial charge < -0.3 is 15.4 Å². The topological polar surface area (TPSA) is 103 Å². The Labute approximate surface area is 162 Å². The number of halogens is 1. The number of aromatic nitrogens is 2. The Kier molecular flexibility index (Phi) is 7.94. The van der Waals surface area contributed by atoms with E-state index in [0.717, 1.165) is 29.8 Å². The van der Waals surface area contributed by atoms with Gasteiger partial charge in [0, 0.05) is 19.6 Å². The van der Waals surface area contributed by atoms with Gasteiger partial charge >= 0.3 is 5.69 Å². The second-order valence-electron chi connectivity index (χ2n) is 6.22. The molecule has 0 aliphatic heterocycles. The molecule has 0 amide bonds. The van der Waals surface area contributed by atoms with Crippen LogP contribution < -0.4 is 16.7 Å². The number of H-pyrrole nitrogens is 1. The zero-order valence-electron chi connectivity index (χ0n) is 16.1. The molecule has 1 aromatic carbocycles. The van der Waals surface area contributed by atoms with Crippen LogP contribution in [0.2, 0.25) is 0 Å².